The van der Waals surface area contributed by atoms with Gasteiger partial charge < -0.3 is 15.8 Å². The average molecular weight is 281 g/mol. The van der Waals surface area contributed by atoms with Crippen molar-refractivity contribution in [2.24, 2.45) is 11.7 Å². The molecule has 0 heterocycles. The summed E-state index contributed by atoms with van der Waals surface area (Å²) in [6.07, 6.45) is 0.765. The molecule has 2 atom stereocenters. The van der Waals surface area contributed by atoms with Crippen molar-refractivity contribution >= 4 is 17.3 Å². The highest BCUT2D eigenvalue weighted by atomic mass is 16.6. The van der Waals surface area contributed by atoms with E-state index in [9.17, 15) is 14.9 Å². The summed E-state index contributed by atoms with van der Waals surface area (Å²) in [4.78, 5) is 22.2. The zero-order chi connectivity index (χ0) is 15.3. The minimum Gasteiger partial charge on any atom is -0.495 e. The fourth-order valence-electron chi connectivity index (χ4n) is 1.64. The molecule has 1 amide bonds. The Hall–Kier alpha value is -2.15. The Kier molecular flexibility index (Phi) is 5.45. The van der Waals surface area contributed by atoms with E-state index in [1.807, 2.05) is 13.8 Å². The van der Waals surface area contributed by atoms with Crippen molar-refractivity contribution in [2.45, 2.75) is 26.3 Å². The van der Waals surface area contributed by atoms with Gasteiger partial charge in [0.05, 0.1) is 23.8 Å². The molecule has 1 aromatic carbocycles. The van der Waals surface area contributed by atoms with Gasteiger partial charge in [-0.1, -0.05) is 20.3 Å². The van der Waals surface area contributed by atoms with Crippen molar-refractivity contribution in [3.05, 3.63) is 28.3 Å². The summed E-state index contributed by atoms with van der Waals surface area (Å²) in [5.74, 6) is -0.0295. The van der Waals surface area contributed by atoms with Gasteiger partial charge in [0, 0.05) is 12.1 Å². The van der Waals surface area contributed by atoms with Crippen LogP contribution in [0.15, 0.2) is 18.2 Å². The predicted octanol–water partition coefficient (Wildman–Crippen LogP) is 1.92. The van der Waals surface area contributed by atoms with Crippen molar-refractivity contribution in [3.8, 4) is 5.75 Å². The van der Waals surface area contributed by atoms with Crippen LogP contribution in [-0.4, -0.2) is 24.0 Å². The molecular formula is C13H19N3O4. The molecule has 2 unspecified atom stereocenters. The smallest absolute Gasteiger partial charge is 0.271 e. The minimum absolute atomic E-state index is 0.0136. The molecule has 0 aliphatic heterocycles. The maximum atomic E-state index is 12.0. The number of anilines is 1. The zero-order valence-corrected chi connectivity index (χ0v) is 11.8. The van der Waals surface area contributed by atoms with Gasteiger partial charge in [-0.05, 0) is 12.0 Å². The molecule has 0 bridgehead atoms. The van der Waals surface area contributed by atoms with E-state index in [0.29, 0.717) is 5.75 Å². The summed E-state index contributed by atoms with van der Waals surface area (Å²) in [7, 11) is 1.42. The highest BCUT2D eigenvalue weighted by Crippen LogP contribution is 2.29. The normalized spacial score (nSPS) is 13.4. The number of non-ortho nitro benzene ring substituents is 1. The third-order valence-electron chi connectivity index (χ3n) is 3.21. The Bertz CT molecular complexity index is 504. The van der Waals surface area contributed by atoms with Gasteiger partial charge in [-0.3, -0.25) is 14.9 Å². The third kappa shape index (κ3) is 3.67. The molecule has 7 nitrogen and oxygen atoms in total. The molecule has 1 aromatic rings. The summed E-state index contributed by atoms with van der Waals surface area (Å²) >= 11 is 0. The van der Waals surface area contributed by atoms with Crippen LogP contribution in [0, 0.1) is 16.0 Å². The van der Waals surface area contributed by atoms with Crippen LogP contribution in [0.2, 0.25) is 0 Å². The number of methoxy groups -OCH3 is 1. The maximum Gasteiger partial charge on any atom is 0.271 e. The monoisotopic (exact) mass is 281 g/mol. The fraction of sp³-hybridized carbons (Fsp3) is 0.462. The van der Waals surface area contributed by atoms with Crippen LogP contribution >= 0.6 is 0 Å². The summed E-state index contributed by atoms with van der Waals surface area (Å²) in [5.41, 5.74) is 5.94. The summed E-state index contributed by atoms with van der Waals surface area (Å²) < 4.78 is 5.07. The van der Waals surface area contributed by atoms with Crippen LogP contribution in [-0.2, 0) is 4.79 Å². The molecule has 20 heavy (non-hydrogen) atoms. The van der Waals surface area contributed by atoms with Gasteiger partial charge in [-0.15, -0.1) is 0 Å². The number of nitro benzene ring substituents is 1. The number of carbonyl (C=O) groups is 1. The van der Waals surface area contributed by atoms with Crippen molar-refractivity contribution in [2.75, 3.05) is 12.4 Å². The van der Waals surface area contributed by atoms with E-state index in [1.54, 1.807) is 0 Å². The number of nitrogens with zero attached hydrogens (tertiary/aromatic N) is 1. The van der Waals surface area contributed by atoms with Crippen LogP contribution < -0.4 is 15.8 Å². The molecule has 0 radical (unpaired) electrons. The first-order valence-corrected chi connectivity index (χ1v) is 6.29. The zero-order valence-electron chi connectivity index (χ0n) is 11.8. The molecule has 110 valence electrons. The van der Waals surface area contributed by atoms with Crippen molar-refractivity contribution in [1.82, 2.24) is 0 Å². The highest BCUT2D eigenvalue weighted by Gasteiger charge is 2.21. The quantitative estimate of drug-likeness (QED) is 0.611. The van der Waals surface area contributed by atoms with E-state index in [-0.39, 0.29) is 17.3 Å². The Labute approximate surface area is 117 Å². The lowest BCUT2D eigenvalue weighted by molar-refractivity contribution is -0.384. The van der Waals surface area contributed by atoms with Crippen LogP contribution in [0.1, 0.15) is 20.3 Å². The number of rotatable bonds is 6. The molecule has 0 saturated carbocycles. The van der Waals surface area contributed by atoms with Crippen molar-refractivity contribution in [1.29, 1.82) is 0 Å². The van der Waals surface area contributed by atoms with Crippen LogP contribution in [0.25, 0.3) is 0 Å². The standard InChI is InChI=1S/C13H19N3O4/c1-4-8(2)12(14)13(17)15-10-7-9(16(18)19)5-6-11(10)20-3/h5-8,12H,4,14H2,1-3H3,(H,15,17). The third-order valence-corrected chi connectivity index (χ3v) is 3.21. The van der Waals surface area contributed by atoms with Gasteiger partial charge in [-0.2, -0.15) is 0 Å². The van der Waals surface area contributed by atoms with Gasteiger partial charge in [0.25, 0.3) is 5.69 Å². The number of benzene rings is 1. The second-order valence-electron chi connectivity index (χ2n) is 4.54. The van der Waals surface area contributed by atoms with Gasteiger partial charge in [0.15, 0.2) is 0 Å². The van der Waals surface area contributed by atoms with Crippen LogP contribution in [0.4, 0.5) is 11.4 Å². The summed E-state index contributed by atoms with van der Waals surface area (Å²) in [6, 6.07) is 3.31. The van der Waals surface area contributed by atoms with Crippen LogP contribution in [0.5, 0.6) is 5.75 Å². The van der Waals surface area contributed by atoms with E-state index >= 15 is 0 Å². The lowest BCUT2D eigenvalue weighted by Gasteiger charge is -2.18. The number of nitro groups is 1. The highest BCUT2D eigenvalue weighted by molar-refractivity contribution is 5.96. The SMILES string of the molecule is CCC(C)C(N)C(=O)Nc1cc([N+](=O)[O-])ccc1OC. The molecule has 0 aliphatic carbocycles. The first-order valence-electron chi connectivity index (χ1n) is 6.29. The number of nitrogens with two attached hydrogens (primary N) is 1. The first-order chi connectivity index (χ1) is 9.40. The Morgan fingerprint density at radius 2 is 2.20 bits per heavy atom. The number of hydrogen-bond donors (Lipinski definition) is 2. The van der Waals surface area contributed by atoms with E-state index in [2.05, 4.69) is 5.32 Å². The second-order valence-corrected chi connectivity index (χ2v) is 4.54. The molecule has 1 rings (SSSR count). The molecule has 0 spiro atoms. The largest absolute Gasteiger partial charge is 0.495 e. The fourth-order valence-corrected chi connectivity index (χ4v) is 1.64. The van der Waals surface area contributed by atoms with E-state index in [1.165, 1.54) is 25.3 Å². The maximum absolute atomic E-state index is 12.0. The minimum atomic E-state index is -0.677. The van der Waals surface area contributed by atoms with Crippen molar-refractivity contribution < 1.29 is 14.5 Å². The number of hydrogen-bond acceptors (Lipinski definition) is 5. The van der Waals surface area contributed by atoms with E-state index in [0.717, 1.165) is 6.42 Å². The van der Waals surface area contributed by atoms with Gasteiger partial charge in [-0.25, -0.2) is 0 Å². The molecular weight excluding hydrogens is 262 g/mol. The first kappa shape index (κ1) is 15.9. The average Bonchev–Trinajstić information content (AvgIpc) is 2.45. The number of carbonyl (C=O) groups excluding carboxylic acids is 1. The van der Waals surface area contributed by atoms with E-state index < -0.39 is 16.9 Å². The molecule has 0 aromatic heterocycles. The molecule has 0 aliphatic rings. The topological polar surface area (TPSA) is 107 Å². The lowest BCUT2D eigenvalue weighted by Crippen LogP contribution is -2.40. The summed E-state index contributed by atoms with van der Waals surface area (Å²) in [5, 5.41) is 13.3. The Morgan fingerprint density at radius 1 is 1.55 bits per heavy atom. The van der Waals surface area contributed by atoms with Gasteiger partial charge in [0.2, 0.25) is 5.91 Å². The number of amides is 1. The second kappa shape index (κ2) is 6.85. The van der Waals surface area contributed by atoms with Gasteiger partial charge >= 0.3 is 0 Å². The van der Waals surface area contributed by atoms with Gasteiger partial charge in [0.1, 0.15) is 5.75 Å². The van der Waals surface area contributed by atoms with Crippen LogP contribution in [0.3, 0.4) is 0 Å². The molecule has 0 saturated heterocycles. The Balaban J connectivity index is 2.98. The molecule has 0 fully saturated rings. The molecule has 3 N–H and O–H groups in total. The Morgan fingerprint density at radius 3 is 2.70 bits per heavy atom. The van der Waals surface area contributed by atoms with Crippen molar-refractivity contribution in [3.63, 3.8) is 0 Å². The molecule has 7 heteroatoms. The lowest BCUT2D eigenvalue weighted by atomic mass is 9.99. The predicted molar refractivity (Wildman–Crippen MR) is 75.7 cm³/mol. The van der Waals surface area contributed by atoms with E-state index in [4.69, 9.17) is 10.5 Å². The number of ether oxygens (including phenoxy) is 1. The summed E-state index contributed by atoms with van der Waals surface area (Å²) in [6.45, 7) is 3.81. The number of nitrogens with one attached hydrogen (secondary N) is 1.